The van der Waals surface area contributed by atoms with Gasteiger partial charge in [-0.1, -0.05) is 0 Å². The molecule has 2 heterocycles. The second kappa shape index (κ2) is 3.91. The largest absolute Gasteiger partial charge is 0.334 e. The zero-order valence-corrected chi connectivity index (χ0v) is 8.21. The fourth-order valence-corrected chi connectivity index (χ4v) is 1.20. The monoisotopic (exact) mass is 202 g/mol. The quantitative estimate of drug-likeness (QED) is 0.786. The number of aromatic nitrogens is 3. The number of nitrogens with zero attached hydrogens (tertiary/aromatic N) is 3. The van der Waals surface area contributed by atoms with Crippen LogP contribution in [0.1, 0.15) is 0 Å². The molecule has 0 bridgehead atoms. The maximum Gasteiger partial charge on any atom is 0.274 e. The van der Waals surface area contributed by atoms with Crippen molar-refractivity contribution in [3.8, 4) is 0 Å². The maximum absolute atomic E-state index is 11.6. The van der Waals surface area contributed by atoms with Crippen molar-refractivity contribution in [2.75, 3.05) is 5.32 Å². The molecule has 0 aliphatic heterocycles. The average Bonchev–Trinajstić information content (AvgIpc) is 2.26. The van der Waals surface area contributed by atoms with Crippen molar-refractivity contribution in [1.29, 1.82) is 0 Å². The summed E-state index contributed by atoms with van der Waals surface area (Å²) in [5.74, 6) is 0.556. The van der Waals surface area contributed by atoms with Gasteiger partial charge in [-0.15, -0.1) is 5.10 Å². The van der Waals surface area contributed by atoms with E-state index in [0.29, 0.717) is 11.5 Å². The molecule has 2 rings (SSSR count). The van der Waals surface area contributed by atoms with Crippen molar-refractivity contribution in [3.05, 3.63) is 47.0 Å². The second-order valence-corrected chi connectivity index (χ2v) is 3.07. The molecule has 76 valence electrons. The first-order chi connectivity index (χ1) is 7.27. The van der Waals surface area contributed by atoms with Crippen molar-refractivity contribution >= 4 is 11.5 Å². The molecule has 15 heavy (non-hydrogen) atoms. The summed E-state index contributed by atoms with van der Waals surface area (Å²) in [6.07, 6.45) is 3.28. The Bertz CT molecular complexity index is 506. The number of pyridine rings is 1. The van der Waals surface area contributed by atoms with Crippen LogP contribution in [-0.2, 0) is 7.05 Å². The molecule has 0 aliphatic rings. The highest BCUT2D eigenvalue weighted by Crippen LogP contribution is 2.07. The maximum atomic E-state index is 11.6. The molecule has 1 N–H and O–H groups in total. The predicted octanol–water partition coefficient (Wildman–Crippen LogP) is 0.919. The van der Waals surface area contributed by atoms with Gasteiger partial charge in [0.2, 0.25) is 0 Å². The van der Waals surface area contributed by atoms with Crippen molar-refractivity contribution in [3.63, 3.8) is 0 Å². The number of nitrogens with one attached hydrogen (secondary N) is 1. The molecule has 2 aromatic heterocycles. The van der Waals surface area contributed by atoms with Crippen LogP contribution in [0.5, 0.6) is 0 Å². The SMILES string of the molecule is Cn1cccc(Nc2cccnn2)c1=O. The summed E-state index contributed by atoms with van der Waals surface area (Å²) in [5, 5.41) is 10.5. The standard InChI is InChI=1S/C10H10N4O/c1-14-7-3-4-8(10(14)15)12-9-5-2-6-11-13-9/h2-7H,1H3,(H,12,13). The third kappa shape index (κ3) is 2.01. The van der Waals surface area contributed by atoms with Gasteiger partial charge >= 0.3 is 0 Å². The van der Waals surface area contributed by atoms with E-state index >= 15 is 0 Å². The Labute approximate surface area is 86.4 Å². The Morgan fingerprint density at radius 2 is 2.20 bits per heavy atom. The van der Waals surface area contributed by atoms with E-state index in [9.17, 15) is 4.79 Å². The Morgan fingerprint density at radius 3 is 2.93 bits per heavy atom. The van der Waals surface area contributed by atoms with Crippen LogP contribution in [0.15, 0.2) is 41.5 Å². The zero-order valence-electron chi connectivity index (χ0n) is 8.21. The summed E-state index contributed by atoms with van der Waals surface area (Å²) >= 11 is 0. The molecule has 0 fully saturated rings. The van der Waals surface area contributed by atoms with Gasteiger partial charge in [-0.3, -0.25) is 4.79 Å². The third-order valence-electron chi connectivity index (χ3n) is 1.96. The van der Waals surface area contributed by atoms with Gasteiger partial charge in [0.05, 0.1) is 0 Å². The fraction of sp³-hybridized carbons (Fsp3) is 0.100. The predicted molar refractivity (Wildman–Crippen MR) is 57.0 cm³/mol. The number of hydrogen-bond donors (Lipinski definition) is 1. The van der Waals surface area contributed by atoms with Gasteiger partial charge in [0.25, 0.3) is 5.56 Å². The normalized spacial score (nSPS) is 9.93. The van der Waals surface area contributed by atoms with Crippen LogP contribution in [-0.4, -0.2) is 14.8 Å². The van der Waals surface area contributed by atoms with Crippen LogP contribution in [0, 0.1) is 0 Å². The molecule has 0 saturated carbocycles. The molecule has 0 saturated heterocycles. The average molecular weight is 202 g/mol. The fourth-order valence-electron chi connectivity index (χ4n) is 1.20. The lowest BCUT2D eigenvalue weighted by Gasteiger charge is -2.04. The molecule has 5 nitrogen and oxygen atoms in total. The number of rotatable bonds is 2. The molecular weight excluding hydrogens is 192 g/mol. The number of aryl methyl sites for hydroxylation is 1. The van der Waals surface area contributed by atoms with Gasteiger partial charge < -0.3 is 9.88 Å². The van der Waals surface area contributed by atoms with Crippen molar-refractivity contribution in [2.45, 2.75) is 0 Å². The lowest BCUT2D eigenvalue weighted by Crippen LogP contribution is -2.18. The van der Waals surface area contributed by atoms with Crippen molar-refractivity contribution in [2.24, 2.45) is 7.05 Å². The van der Waals surface area contributed by atoms with Crippen molar-refractivity contribution < 1.29 is 0 Å². The Morgan fingerprint density at radius 1 is 1.33 bits per heavy atom. The molecule has 5 heteroatoms. The van der Waals surface area contributed by atoms with E-state index in [4.69, 9.17) is 0 Å². The Kier molecular flexibility index (Phi) is 2.45. The molecule has 0 unspecified atom stereocenters. The van der Waals surface area contributed by atoms with E-state index in [2.05, 4.69) is 15.5 Å². The summed E-state index contributed by atoms with van der Waals surface area (Å²) < 4.78 is 1.50. The molecule has 0 aromatic carbocycles. The lowest BCUT2D eigenvalue weighted by molar-refractivity contribution is 0.862. The van der Waals surface area contributed by atoms with E-state index in [1.54, 1.807) is 43.7 Å². The van der Waals surface area contributed by atoms with Gasteiger partial charge in [-0.25, -0.2) is 0 Å². The summed E-state index contributed by atoms with van der Waals surface area (Å²) in [5.41, 5.74) is 0.392. The molecule has 0 amide bonds. The van der Waals surface area contributed by atoms with Gasteiger partial charge in [-0.05, 0) is 24.3 Å². The Hall–Kier alpha value is -2.17. The summed E-state index contributed by atoms with van der Waals surface area (Å²) in [6.45, 7) is 0. The van der Waals surface area contributed by atoms with Gasteiger partial charge in [-0.2, -0.15) is 5.10 Å². The van der Waals surface area contributed by atoms with E-state index < -0.39 is 0 Å². The highest BCUT2D eigenvalue weighted by molar-refractivity contribution is 5.53. The van der Waals surface area contributed by atoms with Crippen LogP contribution in [0.2, 0.25) is 0 Å². The zero-order chi connectivity index (χ0) is 10.7. The molecule has 0 aliphatic carbocycles. The van der Waals surface area contributed by atoms with Crippen molar-refractivity contribution in [1.82, 2.24) is 14.8 Å². The molecule has 0 atom stereocenters. The van der Waals surface area contributed by atoms with Crippen LogP contribution in [0.3, 0.4) is 0 Å². The first-order valence-electron chi connectivity index (χ1n) is 4.48. The third-order valence-corrected chi connectivity index (χ3v) is 1.96. The first-order valence-corrected chi connectivity index (χ1v) is 4.48. The van der Waals surface area contributed by atoms with E-state index in [0.717, 1.165) is 0 Å². The summed E-state index contributed by atoms with van der Waals surface area (Å²) in [6, 6.07) is 7.00. The minimum atomic E-state index is -0.0943. The van der Waals surface area contributed by atoms with Gasteiger partial charge in [0.15, 0.2) is 5.82 Å². The smallest absolute Gasteiger partial charge is 0.274 e. The first kappa shape index (κ1) is 9.39. The van der Waals surface area contributed by atoms with Crippen LogP contribution >= 0.6 is 0 Å². The van der Waals surface area contributed by atoms with Gasteiger partial charge in [0, 0.05) is 19.4 Å². The van der Waals surface area contributed by atoms with Crippen LogP contribution in [0.4, 0.5) is 11.5 Å². The minimum absolute atomic E-state index is 0.0943. The molecule has 0 radical (unpaired) electrons. The molecular formula is C10H10N4O. The number of hydrogen-bond acceptors (Lipinski definition) is 4. The van der Waals surface area contributed by atoms with Gasteiger partial charge in [0.1, 0.15) is 5.69 Å². The van der Waals surface area contributed by atoms with E-state index in [1.165, 1.54) is 4.57 Å². The molecule has 0 spiro atoms. The van der Waals surface area contributed by atoms with Crippen LogP contribution in [0.25, 0.3) is 0 Å². The van der Waals surface area contributed by atoms with Crippen LogP contribution < -0.4 is 10.9 Å². The highest BCUT2D eigenvalue weighted by Gasteiger charge is 2.00. The summed E-state index contributed by atoms with van der Waals surface area (Å²) in [4.78, 5) is 11.6. The second-order valence-electron chi connectivity index (χ2n) is 3.07. The minimum Gasteiger partial charge on any atom is -0.334 e. The number of anilines is 2. The lowest BCUT2D eigenvalue weighted by atomic mass is 10.4. The highest BCUT2D eigenvalue weighted by atomic mass is 16.1. The van der Waals surface area contributed by atoms with E-state index in [-0.39, 0.29) is 5.56 Å². The van der Waals surface area contributed by atoms with E-state index in [1.807, 2.05) is 0 Å². The molecule has 2 aromatic rings. The summed E-state index contributed by atoms with van der Waals surface area (Å²) in [7, 11) is 1.70. The Balaban J connectivity index is 2.33. The topological polar surface area (TPSA) is 59.8 Å².